The molecular weight excluding hydrogens is 368 g/mol. The van der Waals surface area contributed by atoms with Crippen LogP contribution in [-0.4, -0.2) is 29.1 Å². The second-order valence-electron chi connectivity index (χ2n) is 6.44. The fourth-order valence-corrected chi connectivity index (χ4v) is 3.29. The van der Waals surface area contributed by atoms with Crippen molar-refractivity contribution in [1.82, 2.24) is 5.48 Å². The molecule has 2 N–H and O–H groups in total. The molecule has 0 spiro atoms. The molecule has 1 amide bonds. The number of esters is 1. The van der Waals surface area contributed by atoms with Crippen LogP contribution in [0.25, 0.3) is 0 Å². The molecule has 0 saturated heterocycles. The van der Waals surface area contributed by atoms with Crippen molar-refractivity contribution >= 4 is 17.6 Å². The summed E-state index contributed by atoms with van der Waals surface area (Å²) in [5.74, 6) is -1.54. The monoisotopic (exact) mass is 386 g/mol. The summed E-state index contributed by atoms with van der Waals surface area (Å²) in [6.45, 7) is 0.0942. The van der Waals surface area contributed by atoms with E-state index in [4.69, 9.17) is 14.7 Å². The Hall–Kier alpha value is -3.46. The van der Waals surface area contributed by atoms with Crippen molar-refractivity contribution in [1.29, 1.82) is 0 Å². The molecule has 0 bridgehead atoms. The van der Waals surface area contributed by atoms with E-state index in [0.29, 0.717) is 16.9 Å². The number of benzene rings is 2. The summed E-state index contributed by atoms with van der Waals surface area (Å²) >= 11 is 0. The Balaban J connectivity index is 1.80. The molecule has 2 aromatic rings. The van der Waals surface area contributed by atoms with Crippen LogP contribution in [0.1, 0.15) is 17.5 Å². The summed E-state index contributed by atoms with van der Waals surface area (Å²) in [5.41, 5.74) is 1.52. The van der Waals surface area contributed by atoms with Gasteiger partial charge in [-0.1, -0.05) is 24.3 Å². The summed E-state index contributed by atoms with van der Waals surface area (Å²) in [6.07, 6.45) is 0.209. The summed E-state index contributed by atoms with van der Waals surface area (Å²) < 4.78 is 10.6. The Morgan fingerprint density at radius 2 is 2.04 bits per heavy atom. The molecule has 9 nitrogen and oxygen atoms in total. The van der Waals surface area contributed by atoms with Gasteiger partial charge in [0.2, 0.25) is 5.91 Å². The van der Waals surface area contributed by atoms with Crippen molar-refractivity contribution in [2.45, 2.75) is 18.4 Å². The molecule has 0 radical (unpaired) electrons. The predicted molar refractivity (Wildman–Crippen MR) is 95.6 cm³/mol. The number of amides is 1. The van der Waals surface area contributed by atoms with E-state index in [1.807, 2.05) is 0 Å². The van der Waals surface area contributed by atoms with E-state index in [-0.39, 0.29) is 18.7 Å². The van der Waals surface area contributed by atoms with Crippen molar-refractivity contribution in [2.75, 3.05) is 7.11 Å². The number of nitro benzene ring substituents is 1. The SMILES string of the molecule is COC(=O)[C@]1(c2cccc(OCc3cccc([N+](=O)[O-])c3)c2)C[C@H]1C(=O)NO. The molecule has 28 heavy (non-hydrogen) atoms. The molecule has 0 aliphatic heterocycles. The normalized spacial score (nSPS) is 20.1. The molecule has 1 aliphatic rings. The van der Waals surface area contributed by atoms with Gasteiger partial charge in [0.1, 0.15) is 17.8 Å². The van der Waals surface area contributed by atoms with Gasteiger partial charge in [-0.25, -0.2) is 5.48 Å². The molecule has 146 valence electrons. The van der Waals surface area contributed by atoms with Crippen LogP contribution >= 0.6 is 0 Å². The minimum atomic E-state index is -1.17. The number of hydroxylamine groups is 1. The zero-order valence-corrected chi connectivity index (χ0v) is 15.0. The van der Waals surface area contributed by atoms with E-state index in [2.05, 4.69) is 0 Å². The highest BCUT2D eigenvalue weighted by molar-refractivity contribution is 5.97. The van der Waals surface area contributed by atoms with Crippen LogP contribution in [-0.2, 0) is 26.3 Å². The van der Waals surface area contributed by atoms with Crippen molar-refractivity contribution in [2.24, 2.45) is 5.92 Å². The molecule has 0 aromatic heterocycles. The highest BCUT2D eigenvalue weighted by atomic mass is 16.6. The number of nitro groups is 1. The molecule has 0 unspecified atom stereocenters. The molecule has 1 fully saturated rings. The van der Waals surface area contributed by atoms with Gasteiger partial charge in [-0.3, -0.25) is 24.9 Å². The molecule has 1 saturated carbocycles. The number of carbonyl (C=O) groups excluding carboxylic acids is 2. The first-order valence-corrected chi connectivity index (χ1v) is 8.41. The standard InChI is InChI=1S/C19H18N2O7/c1-27-18(23)19(10-16(19)17(22)20-24)13-5-3-7-15(9-13)28-11-12-4-2-6-14(8-12)21(25)26/h2-9,16,24H,10-11H2,1H3,(H,20,22)/t16-,19-/m0/s1. The molecule has 2 aromatic carbocycles. The maximum atomic E-state index is 12.3. The minimum Gasteiger partial charge on any atom is -0.489 e. The number of rotatable bonds is 7. The highest BCUT2D eigenvalue weighted by Gasteiger charge is 2.65. The first-order valence-electron chi connectivity index (χ1n) is 8.41. The minimum absolute atomic E-state index is 0.0321. The van der Waals surface area contributed by atoms with Gasteiger partial charge in [-0.15, -0.1) is 0 Å². The van der Waals surface area contributed by atoms with E-state index in [9.17, 15) is 19.7 Å². The number of hydrogen-bond acceptors (Lipinski definition) is 7. The van der Waals surface area contributed by atoms with Crippen LogP contribution < -0.4 is 10.2 Å². The zero-order chi connectivity index (χ0) is 20.3. The molecule has 1 aliphatic carbocycles. The van der Waals surface area contributed by atoms with Gasteiger partial charge in [0.05, 0.1) is 18.0 Å². The summed E-state index contributed by atoms with van der Waals surface area (Å²) in [7, 11) is 1.24. The van der Waals surface area contributed by atoms with E-state index in [1.54, 1.807) is 41.9 Å². The van der Waals surface area contributed by atoms with Crippen LogP contribution in [0, 0.1) is 16.0 Å². The third-order valence-electron chi connectivity index (χ3n) is 4.81. The zero-order valence-electron chi connectivity index (χ0n) is 15.0. The van der Waals surface area contributed by atoms with E-state index < -0.39 is 28.1 Å². The Morgan fingerprint density at radius 1 is 1.29 bits per heavy atom. The maximum Gasteiger partial charge on any atom is 0.317 e. The lowest BCUT2D eigenvalue weighted by Gasteiger charge is -2.16. The van der Waals surface area contributed by atoms with Gasteiger partial charge in [0.15, 0.2) is 0 Å². The number of carbonyl (C=O) groups is 2. The van der Waals surface area contributed by atoms with Crippen molar-refractivity contribution in [3.05, 3.63) is 69.8 Å². The number of nitrogens with one attached hydrogen (secondary N) is 1. The van der Waals surface area contributed by atoms with E-state index in [0.717, 1.165) is 0 Å². The second kappa shape index (κ2) is 7.65. The highest BCUT2D eigenvalue weighted by Crippen LogP contribution is 2.55. The summed E-state index contributed by atoms with van der Waals surface area (Å²) in [6, 6.07) is 12.7. The molecule has 9 heteroatoms. The van der Waals surface area contributed by atoms with Crippen LogP contribution in [0.15, 0.2) is 48.5 Å². The molecular formula is C19H18N2O7. The number of hydrogen-bond donors (Lipinski definition) is 2. The average Bonchev–Trinajstić information content (AvgIpc) is 3.48. The van der Waals surface area contributed by atoms with Crippen LogP contribution in [0.3, 0.4) is 0 Å². The second-order valence-corrected chi connectivity index (χ2v) is 6.44. The maximum absolute atomic E-state index is 12.3. The third-order valence-corrected chi connectivity index (χ3v) is 4.81. The predicted octanol–water partition coefficient (Wildman–Crippen LogP) is 2.11. The quantitative estimate of drug-likeness (QED) is 0.323. The van der Waals surface area contributed by atoms with Gasteiger partial charge < -0.3 is 9.47 Å². The van der Waals surface area contributed by atoms with E-state index in [1.165, 1.54) is 19.2 Å². The Bertz CT molecular complexity index is 930. The van der Waals surface area contributed by atoms with Crippen molar-refractivity contribution < 1.29 is 29.2 Å². The Morgan fingerprint density at radius 3 is 2.71 bits per heavy atom. The number of non-ortho nitro benzene ring substituents is 1. The van der Waals surface area contributed by atoms with Crippen molar-refractivity contribution in [3.63, 3.8) is 0 Å². The number of nitrogens with zero attached hydrogens (tertiary/aromatic N) is 1. The van der Waals surface area contributed by atoms with Crippen LogP contribution in [0.4, 0.5) is 5.69 Å². The van der Waals surface area contributed by atoms with Gasteiger partial charge in [0.25, 0.3) is 5.69 Å². The largest absolute Gasteiger partial charge is 0.489 e. The topological polar surface area (TPSA) is 128 Å². The molecule has 0 heterocycles. The first kappa shape index (κ1) is 19.3. The molecule has 3 rings (SSSR count). The van der Waals surface area contributed by atoms with Crippen molar-refractivity contribution in [3.8, 4) is 5.75 Å². The Labute approximate surface area is 160 Å². The summed E-state index contributed by atoms with van der Waals surface area (Å²) in [4.78, 5) is 34.5. The van der Waals surface area contributed by atoms with Gasteiger partial charge in [0, 0.05) is 12.1 Å². The Kier molecular flexibility index (Phi) is 5.27. The number of methoxy groups -OCH3 is 1. The van der Waals surface area contributed by atoms with Gasteiger partial charge >= 0.3 is 5.97 Å². The lowest BCUT2D eigenvalue weighted by atomic mass is 9.92. The lowest BCUT2D eigenvalue weighted by molar-refractivity contribution is -0.384. The molecule has 2 atom stereocenters. The third kappa shape index (κ3) is 3.52. The lowest BCUT2D eigenvalue weighted by Crippen LogP contribution is -2.31. The van der Waals surface area contributed by atoms with Gasteiger partial charge in [-0.05, 0) is 29.7 Å². The van der Waals surface area contributed by atoms with Crippen LogP contribution in [0.5, 0.6) is 5.75 Å². The fraction of sp³-hybridized carbons (Fsp3) is 0.263. The fourth-order valence-electron chi connectivity index (χ4n) is 3.29. The average molecular weight is 386 g/mol. The summed E-state index contributed by atoms with van der Waals surface area (Å²) in [5, 5.41) is 19.7. The van der Waals surface area contributed by atoms with E-state index >= 15 is 0 Å². The smallest absolute Gasteiger partial charge is 0.317 e. The van der Waals surface area contributed by atoms with Gasteiger partial charge in [-0.2, -0.15) is 0 Å². The number of ether oxygens (including phenoxy) is 2. The van der Waals surface area contributed by atoms with Crippen LogP contribution in [0.2, 0.25) is 0 Å². The first-order chi connectivity index (χ1) is 13.4.